The Morgan fingerprint density at radius 3 is 2.72 bits per heavy atom. The smallest absolute Gasteiger partial charge is 0.255 e. The van der Waals surface area contributed by atoms with E-state index in [2.05, 4.69) is 5.32 Å². The van der Waals surface area contributed by atoms with Crippen LogP contribution in [0.1, 0.15) is 23.2 Å². The number of nitrogens with one attached hydrogen (secondary N) is 1. The van der Waals surface area contributed by atoms with Crippen molar-refractivity contribution in [2.24, 2.45) is 5.92 Å². The minimum Gasteiger partial charge on any atom is -0.334 e. The molecule has 1 N–H and O–H groups in total. The first-order valence-corrected chi connectivity index (χ1v) is 8.64. The van der Waals surface area contributed by atoms with Crippen molar-refractivity contribution in [2.45, 2.75) is 18.9 Å². The molecule has 0 aliphatic carbocycles. The molecule has 2 aromatic rings. The van der Waals surface area contributed by atoms with Crippen molar-refractivity contribution in [1.29, 1.82) is 0 Å². The largest absolute Gasteiger partial charge is 0.334 e. The highest BCUT2D eigenvalue weighted by Gasteiger charge is 2.37. The van der Waals surface area contributed by atoms with Gasteiger partial charge in [-0.3, -0.25) is 14.2 Å². The maximum Gasteiger partial charge on any atom is 0.255 e. The highest BCUT2D eigenvalue weighted by molar-refractivity contribution is 5.94. The summed E-state index contributed by atoms with van der Waals surface area (Å²) < 4.78 is 14.5. The minimum atomic E-state index is -0.364. The van der Waals surface area contributed by atoms with Crippen LogP contribution in [0.4, 0.5) is 4.39 Å². The van der Waals surface area contributed by atoms with Gasteiger partial charge in [0, 0.05) is 43.6 Å². The van der Waals surface area contributed by atoms with Gasteiger partial charge in [-0.15, -0.1) is 0 Å². The Bertz CT molecular complexity index is 846. The predicted molar refractivity (Wildman–Crippen MR) is 92.4 cm³/mol. The molecule has 1 aromatic carbocycles. The van der Waals surface area contributed by atoms with Crippen molar-refractivity contribution in [1.82, 2.24) is 14.8 Å². The Labute approximate surface area is 145 Å². The molecule has 0 bridgehead atoms. The molecule has 4 rings (SSSR count). The number of halogens is 1. The van der Waals surface area contributed by atoms with Crippen LogP contribution >= 0.6 is 0 Å². The number of nitrogens with zero attached hydrogens (tertiary/aromatic N) is 2. The molecule has 3 heterocycles. The molecule has 5 nitrogen and oxygen atoms in total. The van der Waals surface area contributed by atoms with Gasteiger partial charge in [-0.25, -0.2) is 4.39 Å². The first kappa shape index (κ1) is 16.0. The fraction of sp³-hybridized carbons (Fsp3) is 0.368. The number of rotatable bonds is 2. The van der Waals surface area contributed by atoms with E-state index < -0.39 is 0 Å². The summed E-state index contributed by atoms with van der Waals surface area (Å²) in [5.74, 6) is 0.104. The fourth-order valence-electron chi connectivity index (χ4n) is 3.90. The van der Waals surface area contributed by atoms with E-state index in [1.54, 1.807) is 12.3 Å². The molecule has 2 saturated heterocycles. The Balaban J connectivity index is 1.66. The molecule has 6 heteroatoms. The van der Waals surface area contributed by atoms with Crippen LogP contribution in [0.25, 0.3) is 5.69 Å². The summed E-state index contributed by atoms with van der Waals surface area (Å²) in [6.07, 6.45) is 3.71. The molecule has 130 valence electrons. The molecule has 1 amide bonds. The van der Waals surface area contributed by atoms with Crippen LogP contribution in [0.5, 0.6) is 0 Å². The van der Waals surface area contributed by atoms with Crippen molar-refractivity contribution in [3.8, 4) is 5.69 Å². The van der Waals surface area contributed by atoms with Crippen molar-refractivity contribution in [3.05, 3.63) is 64.3 Å². The maximum atomic E-state index is 13.1. The number of hydrogen-bond donors (Lipinski definition) is 1. The molecule has 1 aromatic heterocycles. The van der Waals surface area contributed by atoms with Gasteiger partial charge in [0.1, 0.15) is 5.82 Å². The summed E-state index contributed by atoms with van der Waals surface area (Å²) in [5, 5.41) is 3.37. The van der Waals surface area contributed by atoms with Crippen molar-refractivity contribution >= 4 is 5.91 Å². The van der Waals surface area contributed by atoms with Gasteiger partial charge in [-0.1, -0.05) is 0 Å². The quantitative estimate of drug-likeness (QED) is 0.906. The number of amides is 1. The summed E-state index contributed by atoms with van der Waals surface area (Å²) in [7, 11) is 0. The molecule has 0 radical (unpaired) electrons. The molecule has 0 saturated carbocycles. The second-order valence-electron chi connectivity index (χ2n) is 6.73. The number of benzene rings is 1. The van der Waals surface area contributed by atoms with Gasteiger partial charge in [0.05, 0.1) is 5.56 Å². The average molecular weight is 341 g/mol. The van der Waals surface area contributed by atoms with E-state index in [0.717, 1.165) is 32.5 Å². The SMILES string of the molecule is O=C(c1ccc(=O)n(-c2ccc(F)cc2)c1)N1CCC[C@H]2CNC[C@H]21. The topological polar surface area (TPSA) is 54.3 Å². The lowest BCUT2D eigenvalue weighted by molar-refractivity contribution is 0.0574. The Hall–Kier alpha value is -2.47. The van der Waals surface area contributed by atoms with Gasteiger partial charge >= 0.3 is 0 Å². The molecular formula is C19H20FN3O2. The maximum absolute atomic E-state index is 13.1. The van der Waals surface area contributed by atoms with Gasteiger partial charge in [-0.05, 0) is 49.1 Å². The third-order valence-electron chi connectivity index (χ3n) is 5.20. The van der Waals surface area contributed by atoms with Crippen LogP contribution in [-0.2, 0) is 0 Å². The zero-order valence-corrected chi connectivity index (χ0v) is 13.8. The van der Waals surface area contributed by atoms with Gasteiger partial charge in [0.25, 0.3) is 11.5 Å². The van der Waals surface area contributed by atoms with Crippen LogP contribution in [0.2, 0.25) is 0 Å². The predicted octanol–water partition coefficient (Wildman–Crippen LogP) is 1.80. The Morgan fingerprint density at radius 1 is 1.12 bits per heavy atom. The second-order valence-corrected chi connectivity index (χ2v) is 6.73. The van der Waals surface area contributed by atoms with E-state index in [9.17, 15) is 14.0 Å². The van der Waals surface area contributed by atoms with Crippen LogP contribution in [0.3, 0.4) is 0 Å². The molecule has 2 aliphatic rings. The molecule has 2 atom stereocenters. The number of pyridine rings is 1. The summed E-state index contributed by atoms with van der Waals surface area (Å²) in [4.78, 5) is 27.1. The number of piperidine rings is 1. The highest BCUT2D eigenvalue weighted by Crippen LogP contribution is 2.27. The van der Waals surface area contributed by atoms with Crippen LogP contribution in [0.15, 0.2) is 47.4 Å². The third kappa shape index (κ3) is 2.98. The van der Waals surface area contributed by atoms with Crippen LogP contribution < -0.4 is 10.9 Å². The lowest BCUT2D eigenvalue weighted by Gasteiger charge is -2.37. The van der Waals surface area contributed by atoms with E-state index in [1.807, 2.05) is 4.90 Å². The average Bonchev–Trinajstić information content (AvgIpc) is 3.11. The molecule has 0 unspecified atom stereocenters. The van der Waals surface area contributed by atoms with E-state index in [1.165, 1.54) is 34.9 Å². The summed E-state index contributed by atoms with van der Waals surface area (Å²) in [5.41, 5.74) is 0.777. The minimum absolute atomic E-state index is 0.0470. The number of aromatic nitrogens is 1. The summed E-state index contributed by atoms with van der Waals surface area (Å²) in [6, 6.07) is 8.87. The normalized spacial score (nSPS) is 22.7. The van der Waals surface area contributed by atoms with Gasteiger partial charge in [0.15, 0.2) is 0 Å². The summed E-state index contributed by atoms with van der Waals surface area (Å²) in [6.45, 7) is 2.54. The number of carbonyl (C=O) groups excluding carboxylic acids is 1. The Kier molecular flexibility index (Phi) is 4.13. The van der Waals surface area contributed by atoms with E-state index in [0.29, 0.717) is 17.2 Å². The number of carbonyl (C=O) groups is 1. The number of fused-ring (bicyclic) bond motifs is 1. The van der Waals surface area contributed by atoms with Crippen molar-refractivity contribution in [3.63, 3.8) is 0 Å². The van der Waals surface area contributed by atoms with Crippen molar-refractivity contribution < 1.29 is 9.18 Å². The van der Waals surface area contributed by atoms with Crippen LogP contribution in [-0.4, -0.2) is 41.1 Å². The zero-order valence-electron chi connectivity index (χ0n) is 13.8. The Morgan fingerprint density at radius 2 is 1.92 bits per heavy atom. The van der Waals surface area contributed by atoms with E-state index in [4.69, 9.17) is 0 Å². The lowest BCUT2D eigenvalue weighted by Crippen LogP contribution is -2.48. The lowest BCUT2D eigenvalue weighted by atomic mass is 9.91. The van der Waals surface area contributed by atoms with E-state index >= 15 is 0 Å². The van der Waals surface area contributed by atoms with Gasteiger partial charge in [-0.2, -0.15) is 0 Å². The third-order valence-corrected chi connectivity index (χ3v) is 5.20. The molecule has 0 spiro atoms. The fourth-order valence-corrected chi connectivity index (χ4v) is 3.90. The van der Waals surface area contributed by atoms with Crippen molar-refractivity contribution in [2.75, 3.05) is 19.6 Å². The van der Waals surface area contributed by atoms with Gasteiger partial charge < -0.3 is 10.2 Å². The number of hydrogen-bond acceptors (Lipinski definition) is 3. The summed E-state index contributed by atoms with van der Waals surface area (Å²) >= 11 is 0. The molecular weight excluding hydrogens is 321 g/mol. The monoisotopic (exact) mass is 341 g/mol. The highest BCUT2D eigenvalue weighted by atomic mass is 19.1. The zero-order chi connectivity index (χ0) is 17.4. The second kappa shape index (κ2) is 6.44. The van der Waals surface area contributed by atoms with Crippen LogP contribution in [0, 0.1) is 11.7 Å². The first-order valence-electron chi connectivity index (χ1n) is 8.64. The molecule has 2 aliphatic heterocycles. The molecule has 2 fully saturated rings. The number of likely N-dealkylation sites (tertiary alicyclic amines) is 1. The first-order chi connectivity index (χ1) is 12.1. The van der Waals surface area contributed by atoms with E-state index in [-0.39, 0.29) is 23.3 Å². The van der Waals surface area contributed by atoms with Gasteiger partial charge in [0.2, 0.25) is 0 Å². The standard InChI is InChI=1S/C19H20FN3O2/c20-15-4-6-16(7-5-15)23-12-14(3-8-18(23)24)19(25)22-9-1-2-13-10-21-11-17(13)22/h3-8,12-13,17,21H,1-2,9-11H2/t13-,17+/m0/s1. The molecule has 25 heavy (non-hydrogen) atoms.